The first-order valence-electron chi connectivity index (χ1n) is 10.6. The number of fused-ring (bicyclic) bond motifs is 1. The van der Waals surface area contributed by atoms with Crippen LogP contribution in [0.15, 0.2) is 54.6 Å². The summed E-state index contributed by atoms with van der Waals surface area (Å²) in [6, 6.07) is 14.9. The van der Waals surface area contributed by atoms with Crippen LogP contribution in [0.2, 0.25) is 5.02 Å². The SMILES string of the molecule is O=C(N[C@H]1CC[C@@H](CNc2cc(C(F)(F)F)nc3ccccc23)CC1)c1ccccc1Cl. The number of halogens is 4. The van der Waals surface area contributed by atoms with Gasteiger partial charge in [0.1, 0.15) is 5.69 Å². The summed E-state index contributed by atoms with van der Waals surface area (Å²) in [7, 11) is 0. The zero-order chi connectivity index (χ0) is 22.7. The van der Waals surface area contributed by atoms with Crippen LogP contribution in [0, 0.1) is 5.92 Å². The minimum Gasteiger partial charge on any atom is -0.384 e. The Hall–Kier alpha value is -2.80. The molecule has 0 unspecified atom stereocenters. The molecule has 0 radical (unpaired) electrons. The lowest BCUT2D eigenvalue weighted by Gasteiger charge is -2.29. The fourth-order valence-corrected chi connectivity index (χ4v) is 4.36. The Labute approximate surface area is 189 Å². The summed E-state index contributed by atoms with van der Waals surface area (Å²) in [6.45, 7) is 0.566. The first kappa shape index (κ1) is 22.4. The van der Waals surface area contributed by atoms with Gasteiger partial charge in [-0.2, -0.15) is 13.2 Å². The van der Waals surface area contributed by atoms with Crippen molar-refractivity contribution < 1.29 is 18.0 Å². The predicted octanol–water partition coefficient (Wildman–Crippen LogP) is 6.31. The van der Waals surface area contributed by atoms with Gasteiger partial charge in [-0.05, 0) is 55.9 Å². The summed E-state index contributed by atoms with van der Waals surface area (Å²) in [4.78, 5) is 16.2. The van der Waals surface area contributed by atoms with Crippen molar-refractivity contribution in [3.05, 3.63) is 70.9 Å². The highest BCUT2D eigenvalue weighted by molar-refractivity contribution is 6.33. The predicted molar refractivity (Wildman–Crippen MR) is 120 cm³/mol. The Bertz CT molecular complexity index is 1110. The quantitative estimate of drug-likeness (QED) is 0.468. The number of benzene rings is 2. The van der Waals surface area contributed by atoms with Crippen LogP contribution in [0.1, 0.15) is 41.7 Å². The monoisotopic (exact) mass is 461 g/mol. The normalized spacial score (nSPS) is 19.0. The maximum absolute atomic E-state index is 13.3. The third-order valence-electron chi connectivity index (χ3n) is 5.89. The van der Waals surface area contributed by atoms with Crippen LogP contribution in [-0.2, 0) is 6.18 Å². The summed E-state index contributed by atoms with van der Waals surface area (Å²) in [5.74, 6) is 0.129. The minimum atomic E-state index is -4.50. The molecular formula is C24H23ClF3N3O. The number of rotatable bonds is 5. The molecule has 0 aliphatic heterocycles. The Morgan fingerprint density at radius 1 is 1.03 bits per heavy atom. The average Bonchev–Trinajstić information content (AvgIpc) is 2.78. The highest BCUT2D eigenvalue weighted by Gasteiger charge is 2.33. The van der Waals surface area contributed by atoms with E-state index in [4.69, 9.17) is 11.6 Å². The van der Waals surface area contributed by atoms with Crippen LogP contribution in [0.5, 0.6) is 0 Å². The van der Waals surface area contributed by atoms with Gasteiger partial charge in [-0.3, -0.25) is 4.79 Å². The second-order valence-electron chi connectivity index (χ2n) is 8.12. The van der Waals surface area contributed by atoms with E-state index in [0.29, 0.717) is 39.6 Å². The van der Waals surface area contributed by atoms with Gasteiger partial charge < -0.3 is 10.6 Å². The summed E-state index contributed by atoms with van der Waals surface area (Å²) in [5, 5.41) is 7.35. The maximum Gasteiger partial charge on any atom is 0.433 e. The van der Waals surface area contributed by atoms with Crippen LogP contribution >= 0.6 is 11.6 Å². The van der Waals surface area contributed by atoms with Crippen molar-refractivity contribution in [2.75, 3.05) is 11.9 Å². The number of hydrogen-bond donors (Lipinski definition) is 2. The van der Waals surface area contributed by atoms with Gasteiger partial charge >= 0.3 is 6.18 Å². The second kappa shape index (κ2) is 9.36. The molecule has 1 amide bonds. The number of carbonyl (C=O) groups is 1. The lowest BCUT2D eigenvalue weighted by Crippen LogP contribution is -2.38. The van der Waals surface area contributed by atoms with Gasteiger partial charge in [-0.25, -0.2) is 4.98 Å². The zero-order valence-corrected chi connectivity index (χ0v) is 18.0. The van der Waals surface area contributed by atoms with Crippen molar-refractivity contribution in [2.45, 2.75) is 37.9 Å². The fourth-order valence-electron chi connectivity index (χ4n) is 4.14. The lowest BCUT2D eigenvalue weighted by atomic mass is 9.85. The molecule has 1 fully saturated rings. The Balaban J connectivity index is 1.36. The number of carbonyl (C=O) groups excluding carboxylic acids is 1. The minimum absolute atomic E-state index is 0.0635. The van der Waals surface area contributed by atoms with Crippen molar-refractivity contribution in [3.8, 4) is 0 Å². The molecule has 2 aromatic carbocycles. The average molecular weight is 462 g/mol. The van der Waals surface area contributed by atoms with E-state index in [1.165, 1.54) is 0 Å². The number of anilines is 1. The van der Waals surface area contributed by atoms with E-state index >= 15 is 0 Å². The number of pyridine rings is 1. The molecule has 3 aromatic rings. The molecule has 0 spiro atoms. The molecule has 1 aliphatic rings. The molecule has 1 heterocycles. The summed E-state index contributed by atoms with van der Waals surface area (Å²) < 4.78 is 39.8. The van der Waals surface area contributed by atoms with Gasteiger partial charge in [0.2, 0.25) is 0 Å². The Morgan fingerprint density at radius 3 is 2.44 bits per heavy atom. The summed E-state index contributed by atoms with van der Waals surface area (Å²) in [6.07, 6.45) is -1.13. The number of nitrogens with zero attached hydrogens (tertiary/aromatic N) is 1. The Kier molecular flexibility index (Phi) is 6.55. The molecule has 1 aliphatic carbocycles. The molecule has 0 saturated heterocycles. The number of alkyl halides is 3. The van der Waals surface area contributed by atoms with Gasteiger partial charge in [-0.1, -0.05) is 41.9 Å². The molecule has 1 saturated carbocycles. The van der Waals surface area contributed by atoms with Crippen LogP contribution in [-0.4, -0.2) is 23.5 Å². The summed E-state index contributed by atoms with van der Waals surface area (Å²) in [5.41, 5.74) is 0.320. The topological polar surface area (TPSA) is 54.0 Å². The van der Waals surface area contributed by atoms with E-state index in [1.807, 2.05) is 0 Å². The first-order valence-corrected chi connectivity index (χ1v) is 11.0. The van der Waals surface area contributed by atoms with E-state index in [-0.39, 0.29) is 11.9 Å². The first-order chi connectivity index (χ1) is 15.3. The van der Waals surface area contributed by atoms with Gasteiger partial charge in [0.15, 0.2) is 0 Å². The van der Waals surface area contributed by atoms with Gasteiger partial charge in [-0.15, -0.1) is 0 Å². The van der Waals surface area contributed by atoms with Crippen molar-refractivity contribution in [3.63, 3.8) is 0 Å². The maximum atomic E-state index is 13.3. The molecule has 0 bridgehead atoms. The van der Waals surface area contributed by atoms with Gasteiger partial charge in [0.05, 0.1) is 16.1 Å². The molecule has 0 atom stereocenters. The third-order valence-corrected chi connectivity index (χ3v) is 6.22. The van der Waals surface area contributed by atoms with E-state index in [9.17, 15) is 18.0 Å². The molecular weight excluding hydrogens is 439 g/mol. The van der Waals surface area contributed by atoms with E-state index in [0.717, 1.165) is 31.7 Å². The van der Waals surface area contributed by atoms with E-state index in [2.05, 4.69) is 15.6 Å². The molecule has 168 valence electrons. The fraction of sp³-hybridized carbons (Fsp3) is 0.333. The molecule has 2 N–H and O–H groups in total. The van der Waals surface area contributed by atoms with Crippen molar-refractivity contribution >= 4 is 34.1 Å². The molecule has 1 aromatic heterocycles. The number of aromatic nitrogens is 1. The molecule has 8 heteroatoms. The lowest BCUT2D eigenvalue weighted by molar-refractivity contribution is -0.140. The van der Waals surface area contributed by atoms with Crippen molar-refractivity contribution in [2.24, 2.45) is 5.92 Å². The van der Waals surface area contributed by atoms with Crippen molar-refractivity contribution in [1.82, 2.24) is 10.3 Å². The number of hydrogen-bond acceptors (Lipinski definition) is 3. The molecule has 4 rings (SSSR count). The van der Waals surface area contributed by atoms with Crippen LogP contribution in [0.4, 0.5) is 18.9 Å². The number of amides is 1. The van der Waals surface area contributed by atoms with Crippen LogP contribution in [0.3, 0.4) is 0 Å². The standard InChI is InChI=1S/C24H23ClF3N3O/c25-19-7-3-1-5-17(19)23(32)30-16-11-9-15(10-12-16)14-29-21-13-22(24(26,27)28)31-20-8-4-2-6-18(20)21/h1-8,13,15-16H,9-12,14H2,(H,29,31)(H,30,32)/t15-,16+. The smallest absolute Gasteiger partial charge is 0.384 e. The second-order valence-corrected chi connectivity index (χ2v) is 8.53. The number of para-hydroxylation sites is 1. The highest BCUT2D eigenvalue weighted by atomic mass is 35.5. The highest BCUT2D eigenvalue weighted by Crippen LogP contribution is 2.33. The molecule has 4 nitrogen and oxygen atoms in total. The number of nitrogens with one attached hydrogen (secondary N) is 2. The van der Waals surface area contributed by atoms with Crippen LogP contribution in [0.25, 0.3) is 10.9 Å². The van der Waals surface area contributed by atoms with Gasteiger partial charge in [0.25, 0.3) is 5.91 Å². The third kappa shape index (κ3) is 5.15. The largest absolute Gasteiger partial charge is 0.433 e. The zero-order valence-electron chi connectivity index (χ0n) is 17.3. The molecule has 32 heavy (non-hydrogen) atoms. The van der Waals surface area contributed by atoms with Gasteiger partial charge in [0, 0.05) is 23.7 Å². The van der Waals surface area contributed by atoms with E-state index in [1.54, 1.807) is 48.5 Å². The summed E-state index contributed by atoms with van der Waals surface area (Å²) >= 11 is 6.10. The Morgan fingerprint density at radius 2 is 1.72 bits per heavy atom. The van der Waals surface area contributed by atoms with E-state index < -0.39 is 11.9 Å². The van der Waals surface area contributed by atoms with Crippen molar-refractivity contribution in [1.29, 1.82) is 0 Å². The van der Waals surface area contributed by atoms with Crippen LogP contribution < -0.4 is 10.6 Å².